The summed E-state index contributed by atoms with van der Waals surface area (Å²) in [6.07, 6.45) is 2.91. The Kier molecular flexibility index (Phi) is 3.30. The highest BCUT2D eigenvalue weighted by Crippen LogP contribution is 2.22. The van der Waals surface area contributed by atoms with Gasteiger partial charge in [0.1, 0.15) is 15.8 Å². The van der Waals surface area contributed by atoms with Crippen molar-refractivity contribution in [2.75, 3.05) is 12.5 Å². The summed E-state index contributed by atoms with van der Waals surface area (Å²) in [5.74, 6) is 0. The van der Waals surface area contributed by atoms with Crippen LogP contribution < -0.4 is 0 Å². The molecule has 0 aliphatic carbocycles. The highest BCUT2D eigenvalue weighted by Gasteiger charge is 2.18. The summed E-state index contributed by atoms with van der Waals surface area (Å²) >= 11 is 0.971. The highest BCUT2D eigenvalue weighted by atomic mass is 32.2. The highest BCUT2D eigenvalue weighted by molar-refractivity contribution is 7.87. The number of nitriles is 1. The Morgan fingerprint density at radius 1 is 1.38 bits per heavy atom. The Labute approximate surface area is 84.7 Å². The van der Waals surface area contributed by atoms with Crippen LogP contribution in [0.1, 0.15) is 5.56 Å². The van der Waals surface area contributed by atoms with Crippen molar-refractivity contribution in [2.24, 2.45) is 0 Å². The van der Waals surface area contributed by atoms with E-state index in [0.717, 1.165) is 11.5 Å². The number of hydrogen-bond acceptors (Lipinski definition) is 5. The van der Waals surface area contributed by atoms with Crippen molar-refractivity contribution in [3.05, 3.63) is 5.56 Å². The topological polar surface area (TPSA) is 70.8 Å². The molecule has 0 radical (unpaired) electrons. The van der Waals surface area contributed by atoms with Crippen LogP contribution in [0.15, 0.2) is 9.24 Å². The lowest BCUT2D eigenvalue weighted by molar-refractivity contribution is 0.684. The molecule has 0 fully saturated rings. The number of aromatic nitrogens is 1. The van der Waals surface area contributed by atoms with Gasteiger partial charge < -0.3 is 0 Å². The van der Waals surface area contributed by atoms with Crippen LogP contribution in [0, 0.1) is 11.3 Å². The summed E-state index contributed by atoms with van der Waals surface area (Å²) in [5, 5.41) is 8.97. The standard InChI is InChI=1S/C6H6N2O2S3/c1-12(9)5-4(3-7)6(11-8-5)13(2)10/h1-2H3/t12-,13+/m0/s1. The third kappa shape index (κ3) is 2.02. The van der Waals surface area contributed by atoms with Crippen LogP contribution in [-0.2, 0) is 21.6 Å². The van der Waals surface area contributed by atoms with E-state index in [9.17, 15) is 8.42 Å². The second kappa shape index (κ2) is 4.09. The van der Waals surface area contributed by atoms with E-state index in [2.05, 4.69) is 4.37 Å². The van der Waals surface area contributed by atoms with Crippen molar-refractivity contribution in [2.45, 2.75) is 9.24 Å². The maximum absolute atomic E-state index is 11.1. The number of hydrogen-bond donors (Lipinski definition) is 0. The summed E-state index contributed by atoms with van der Waals surface area (Å²) in [6, 6.07) is 1.87. The van der Waals surface area contributed by atoms with Gasteiger partial charge in [0, 0.05) is 12.5 Å². The van der Waals surface area contributed by atoms with Gasteiger partial charge >= 0.3 is 0 Å². The molecule has 0 aliphatic heterocycles. The number of nitrogens with zero attached hydrogens (tertiary/aromatic N) is 2. The zero-order chi connectivity index (χ0) is 10.0. The molecule has 13 heavy (non-hydrogen) atoms. The van der Waals surface area contributed by atoms with E-state index in [1.807, 2.05) is 6.07 Å². The van der Waals surface area contributed by atoms with Gasteiger partial charge in [-0.25, -0.2) is 0 Å². The van der Waals surface area contributed by atoms with Crippen molar-refractivity contribution in [1.82, 2.24) is 4.37 Å². The van der Waals surface area contributed by atoms with Gasteiger partial charge in [-0.1, -0.05) is 0 Å². The van der Waals surface area contributed by atoms with Gasteiger partial charge in [-0.2, -0.15) is 9.64 Å². The van der Waals surface area contributed by atoms with E-state index in [0.29, 0.717) is 4.21 Å². The first kappa shape index (κ1) is 10.5. The largest absolute Gasteiger partial charge is 0.254 e. The Hall–Kier alpha value is -0.580. The molecule has 2 atom stereocenters. The minimum absolute atomic E-state index is 0.201. The first-order valence-electron chi connectivity index (χ1n) is 3.14. The van der Waals surface area contributed by atoms with Gasteiger partial charge in [0.2, 0.25) is 0 Å². The number of rotatable bonds is 2. The predicted octanol–water partition coefficient (Wildman–Crippen LogP) is 0.490. The fourth-order valence-electron chi connectivity index (χ4n) is 0.747. The second-order valence-electron chi connectivity index (χ2n) is 2.17. The quantitative estimate of drug-likeness (QED) is 0.746. The molecule has 0 amide bonds. The zero-order valence-electron chi connectivity index (χ0n) is 6.94. The van der Waals surface area contributed by atoms with Gasteiger partial charge in [-0.15, -0.1) is 0 Å². The van der Waals surface area contributed by atoms with Crippen molar-refractivity contribution in [1.29, 1.82) is 5.26 Å². The Balaban J connectivity index is 3.37. The molecule has 1 rings (SSSR count). The van der Waals surface area contributed by atoms with E-state index in [4.69, 9.17) is 5.26 Å². The molecule has 1 aromatic rings. The summed E-state index contributed by atoms with van der Waals surface area (Å²) in [4.78, 5) is 0. The van der Waals surface area contributed by atoms with Crippen molar-refractivity contribution in [3.8, 4) is 6.07 Å². The second-order valence-corrected chi connectivity index (χ2v) is 5.81. The van der Waals surface area contributed by atoms with Crippen molar-refractivity contribution >= 4 is 33.1 Å². The van der Waals surface area contributed by atoms with Gasteiger partial charge in [0.05, 0.1) is 21.6 Å². The average Bonchev–Trinajstić information content (AvgIpc) is 2.46. The summed E-state index contributed by atoms with van der Waals surface area (Å²) < 4.78 is 26.4. The van der Waals surface area contributed by atoms with Crippen LogP contribution in [0.3, 0.4) is 0 Å². The van der Waals surface area contributed by atoms with Crippen LogP contribution >= 0.6 is 11.5 Å². The van der Waals surface area contributed by atoms with Crippen LogP contribution in [0.25, 0.3) is 0 Å². The van der Waals surface area contributed by atoms with Gasteiger partial charge in [-0.3, -0.25) is 8.42 Å². The van der Waals surface area contributed by atoms with Crippen LogP contribution in [-0.4, -0.2) is 25.3 Å². The molecule has 0 spiro atoms. The monoisotopic (exact) mass is 234 g/mol. The molecule has 7 heteroatoms. The minimum Gasteiger partial charge on any atom is -0.254 e. The SMILES string of the molecule is C[S@](=O)c1nsc([S@@](C)=O)c1C#N. The minimum atomic E-state index is -1.29. The molecule has 0 aromatic carbocycles. The molecular formula is C6H6N2O2S3. The summed E-state index contributed by atoms with van der Waals surface area (Å²) in [7, 11) is -2.53. The first-order valence-corrected chi connectivity index (χ1v) is 7.03. The summed E-state index contributed by atoms with van der Waals surface area (Å²) in [6.45, 7) is 0. The van der Waals surface area contributed by atoms with Gasteiger partial charge in [0.25, 0.3) is 0 Å². The van der Waals surface area contributed by atoms with E-state index in [1.54, 1.807) is 0 Å². The fourth-order valence-corrected chi connectivity index (χ4v) is 3.30. The summed E-state index contributed by atoms with van der Waals surface area (Å²) in [5.41, 5.74) is 0.201. The van der Waals surface area contributed by atoms with Crippen LogP contribution in [0.4, 0.5) is 0 Å². The lowest BCUT2D eigenvalue weighted by Crippen LogP contribution is -1.93. The molecule has 0 unspecified atom stereocenters. The Bertz CT molecular complexity index is 387. The maximum atomic E-state index is 11.1. The molecule has 70 valence electrons. The molecule has 0 N–H and O–H groups in total. The molecule has 0 bridgehead atoms. The lowest BCUT2D eigenvalue weighted by atomic mass is 10.4. The van der Waals surface area contributed by atoms with Crippen molar-refractivity contribution in [3.63, 3.8) is 0 Å². The lowest BCUT2D eigenvalue weighted by Gasteiger charge is -1.90. The van der Waals surface area contributed by atoms with E-state index < -0.39 is 21.6 Å². The molecule has 0 saturated carbocycles. The molecule has 1 aromatic heterocycles. The van der Waals surface area contributed by atoms with Gasteiger partial charge in [-0.05, 0) is 11.5 Å². The fraction of sp³-hybridized carbons (Fsp3) is 0.333. The maximum Gasteiger partial charge on any atom is 0.159 e. The van der Waals surface area contributed by atoms with E-state index >= 15 is 0 Å². The Morgan fingerprint density at radius 2 is 2.00 bits per heavy atom. The first-order chi connectivity index (χ1) is 6.07. The molecular weight excluding hydrogens is 228 g/mol. The third-order valence-corrected chi connectivity index (χ3v) is 4.53. The van der Waals surface area contributed by atoms with Crippen LogP contribution in [0.2, 0.25) is 0 Å². The van der Waals surface area contributed by atoms with Crippen molar-refractivity contribution < 1.29 is 8.42 Å². The van der Waals surface area contributed by atoms with E-state index in [1.165, 1.54) is 12.5 Å². The molecule has 4 nitrogen and oxygen atoms in total. The average molecular weight is 234 g/mol. The van der Waals surface area contributed by atoms with Crippen LogP contribution in [0.5, 0.6) is 0 Å². The zero-order valence-corrected chi connectivity index (χ0v) is 9.39. The smallest absolute Gasteiger partial charge is 0.159 e. The normalized spacial score (nSPS) is 14.8. The van der Waals surface area contributed by atoms with Gasteiger partial charge in [0.15, 0.2) is 5.03 Å². The molecule has 0 aliphatic rings. The molecule has 0 saturated heterocycles. The van der Waals surface area contributed by atoms with E-state index in [-0.39, 0.29) is 10.6 Å². The molecule has 1 heterocycles. The predicted molar refractivity (Wildman–Crippen MR) is 51.5 cm³/mol. The Morgan fingerprint density at radius 3 is 2.38 bits per heavy atom. The third-order valence-electron chi connectivity index (χ3n) is 1.27.